The highest BCUT2D eigenvalue weighted by Gasteiger charge is 2.13. The molecule has 0 amide bonds. The number of methoxy groups -OCH3 is 1. The molecule has 39 heavy (non-hydrogen) atoms. The number of aldehydes is 1. The van der Waals surface area contributed by atoms with Crippen LogP contribution in [-0.2, 0) is 25.5 Å². The SMILES string of the molecule is C=CC(=O)Oc1ccc(CCOC(=O)c2ccc(-c3ccc(OC)cc3)cc2)cc1OC(=O)C=C.C=CC=O. The maximum absolute atomic E-state index is 12.4. The summed E-state index contributed by atoms with van der Waals surface area (Å²) in [6.45, 7) is 9.90. The number of allylic oxidation sites excluding steroid dienone is 1. The third kappa shape index (κ3) is 9.62. The Bertz CT molecular complexity index is 1320. The summed E-state index contributed by atoms with van der Waals surface area (Å²) in [5.74, 6) is -0.984. The van der Waals surface area contributed by atoms with Crippen molar-refractivity contribution in [2.75, 3.05) is 13.7 Å². The molecule has 0 bridgehead atoms. The van der Waals surface area contributed by atoms with E-state index < -0.39 is 17.9 Å². The first-order chi connectivity index (χ1) is 18.8. The van der Waals surface area contributed by atoms with E-state index in [1.165, 1.54) is 18.2 Å². The molecule has 0 aliphatic rings. The lowest BCUT2D eigenvalue weighted by molar-refractivity contribution is -0.131. The van der Waals surface area contributed by atoms with E-state index >= 15 is 0 Å². The summed E-state index contributed by atoms with van der Waals surface area (Å²) in [5, 5.41) is 0. The lowest BCUT2D eigenvalue weighted by Crippen LogP contribution is -2.10. The normalized spacial score (nSPS) is 9.56. The third-order valence-corrected chi connectivity index (χ3v) is 5.03. The van der Waals surface area contributed by atoms with Crippen LogP contribution in [-0.4, -0.2) is 37.9 Å². The highest BCUT2D eigenvalue weighted by molar-refractivity contribution is 5.90. The van der Waals surface area contributed by atoms with Crippen LogP contribution >= 0.6 is 0 Å². The van der Waals surface area contributed by atoms with Gasteiger partial charge < -0.3 is 18.9 Å². The van der Waals surface area contributed by atoms with E-state index in [1.54, 1.807) is 25.3 Å². The molecule has 0 unspecified atom stereocenters. The predicted molar refractivity (Wildman–Crippen MR) is 147 cm³/mol. The summed E-state index contributed by atoms with van der Waals surface area (Å²) in [5.41, 5.74) is 3.09. The van der Waals surface area contributed by atoms with E-state index in [4.69, 9.17) is 23.7 Å². The molecule has 200 valence electrons. The molecule has 8 heteroatoms. The molecule has 8 nitrogen and oxygen atoms in total. The molecule has 3 aromatic rings. The Morgan fingerprint density at radius 1 is 0.769 bits per heavy atom. The molecule has 0 atom stereocenters. The van der Waals surface area contributed by atoms with Crippen LogP contribution in [0.15, 0.2) is 105 Å². The predicted octanol–water partition coefficient (Wildman–Crippen LogP) is 5.32. The average molecular weight is 529 g/mol. The summed E-state index contributed by atoms with van der Waals surface area (Å²) < 4.78 is 20.8. The van der Waals surface area contributed by atoms with Crippen molar-refractivity contribution in [1.29, 1.82) is 0 Å². The second-order valence-corrected chi connectivity index (χ2v) is 7.60. The van der Waals surface area contributed by atoms with Crippen LogP contribution in [0.5, 0.6) is 17.2 Å². The lowest BCUT2D eigenvalue weighted by Gasteiger charge is -2.11. The Labute approximate surface area is 226 Å². The number of carbonyl (C=O) groups is 4. The second-order valence-electron chi connectivity index (χ2n) is 7.60. The highest BCUT2D eigenvalue weighted by atomic mass is 16.6. The molecule has 0 aliphatic carbocycles. The quantitative estimate of drug-likeness (QED) is 0.143. The molecule has 0 aromatic heterocycles. The van der Waals surface area contributed by atoms with Gasteiger partial charge in [-0.05, 0) is 59.2 Å². The number of esters is 3. The first kappa shape index (κ1) is 30.0. The van der Waals surface area contributed by atoms with Crippen LogP contribution in [0.1, 0.15) is 15.9 Å². The van der Waals surface area contributed by atoms with E-state index in [-0.39, 0.29) is 18.1 Å². The van der Waals surface area contributed by atoms with Gasteiger partial charge in [-0.25, -0.2) is 14.4 Å². The fourth-order valence-electron chi connectivity index (χ4n) is 3.10. The summed E-state index contributed by atoms with van der Waals surface area (Å²) >= 11 is 0. The smallest absolute Gasteiger partial charge is 0.338 e. The molecule has 0 spiro atoms. The molecule has 0 N–H and O–H groups in total. The number of hydrogen-bond donors (Lipinski definition) is 0. The van der Waals surface area contributed by atoms with Crippen LogP contribution in [0, 0.1) is 0 Å². The van der Waals surface area contributed by atoms with Crippen molar-refractivity contribution < 1.29 is 38.1 Å². The number of rotatable bonds is 11. The summed E-state index contributed by atoms with van der Waals surface area (Å²) in [6, 6.07) is 19.4. The number of hydrogen-bond acceptors (Lipinski definition) is 8. The highest BCUT2D eigenvalue weighted by Crippen LogP contribution is 2.29. The van der Waals surface area contributed by atoms with Gasteiger partial charge >= 0.3 is 17.9 Å². The Morgan fingerprint density at radius 2 is 1.31 bits per heavy atom. The Morgan fingerprint density at radius 3 is 1.82 bits per heavy atom. The maximum Gasteiger partial charge on any atom is 0.338 e. The van der Waals surface area contributed by atoms with E-state index in [9.17, 15) is 14.4 Å². The minimum atomic E-state index is -0.706. The minimum Gasteiger partial charge on any atom is -0.497 e. The van der Waals surface area contributed by atoms with Crippen LogP contribution < -0.4 is 14.2 Å². The van der Waals surface area contributed by atoms with Crippen LogP contribution in [0.25, 0.3) is 11.1 Å². The van der Waals surface area contributed by atoms with Gasteiger partial charge in [-0.1, -0.05) is 50.1 Å². The van der Waals surface area contributed by atoms with Crippen LogP contribution in [0.2, 0.25) is 0 Å². The first-order valence-electron chi connectivity index (χ1n) is 11.6. The van der Waals surface area contributed by atoms with Crippen molar-refractivity contribution in [3.8, 4) is 28.4 Å². The van der Waals surface area contributed by atoms with Crippen LogP contribution in [0.3, 0.4) is 0 Å². The van der Waals surface area contributed by atoms with Crippen LogP contribution in [0.4, 0.5) is 0 Å². The summed E-state index contributed by atoms with van der Waals surface area (Å²) in [6.07, 6.45) is 4.17. The zero-order chi connectivity index (χ0) is 28.6. The molecule has 3 aromatic carbocycles. The van der Waals surface area contributed by atoms with Gasteiger partial charge in [0.25, 0.3) is 0 Å². The number of carbonyl (C=O) groups excluding carboxylic acids is 4. The van der Waals surface area contributed by atoms with Gasteiger partial charge in [0.15, 0.2) is 11.5 Å². The van der Waals surface area contributed by atoms with Gasteiger partial charge in [0.05, 0.1) is 19.3 Å². The molecule has 0 saturated heterocycles. The van der Waals surface area contributed by atoms with Crippen molar-refractivity contribution in [2.45, 2.75) is 6.42 Å². The molecule has 3 rings (SSSR count). The molecular formula is C31H28O8. The van der Waals surface area contributed by atoms with Gasteiger partial charge in [-0.2, -0.15) is 0 Å². The van der Waals surface area contributed by atoms with Crippen molar-refractivity contribution in [3.05, 3.63) is 116 Å². The third-order valence-electron chi connectivity index (χ3n) is 5.03. The maximum atomic E-state index is 12.4. The second kappa shape index (κ2) is 15.8. The largest absolute Gasteiger partial charge is 0.497 e. The fraction of sp³-hybridized carbons (Fsp3) is 0.0968. The Balaban J connectivity index is 0.00000124. The zero-order valence-electron chi connectivity index (χ0n) is 21.5. The summed E-state index contributed by atoms with van der Waals surface area (Å²) in [4.78, 5) is 44.6. The molecule has 0 heterocycles. The van der Waals surface area contributed by atoms with Gasteiger partial charge in [-0.15, -0.1) is 0 Å². The molecular weight excluding hydrogens is 500 g/mol. The van der Waals surface area contributed by atoms with Crippen molar-refractivity contribution >= 4 is 24.2 Å². The topological polar surface area (TPSA) is 105 Å². The van der Waals surface area contributed by atoms with Gasteiger partial charge in [0.2, 0.25) is 0 Å². The van der Waals surface area contributed by atoms with Crippen molar-refractivity contribution in [2.24, 2.45) is 0 Å². The average Bonchev–Trinajstić information content (AvgIpc) is 2.98. The van der Waals surface area contributed by atoms with Crippen molar-refractivity contribution in [1.82, 2.24) is 0 Å². The Hall–Kier alpha value is -5.24. The van der Waals surface area contributed by atoms with Crippen molar-refractivity contribution in [3.63, 3.8) is 0 Å². The monoisotopic (exact) mass is 528 g/mol. The Kier molecular flexibility index (Phi) is 12.1. The standard InChI is InChI=1S/C28H24O7.C3H4O/c1-4-26(29)34-24-15-6-19(18-25(24)35-27(30)5-2)16-17-33-28(31)22-9-7-20(8-10-22)21-11-13-23(32-3)14-12-21;1-2-3-4/h4-15,18H,1-2,16-17H2,3H3;2-3H,1H2. The van der Waals surface area contributed by atoms with E-state index in [0.717, 1.165) is 29.0 Å². The van der Waals surface area contributed by atoms with E-state index in [0.29, 0.717) is 23.8 Å². The lowest BCUT2D eigenvalue weighted by atomic mass is 10.0. The zero-order valence-corrected chi connectivity index (χ0v) is 21.5. The van der Waals surface area contributed by atoms with E-state index in [2.05, 4.69) is 19.7 Å². The molecule has 0 saturated carbocycles. The van der Waals surface area contributed by atoms with E-state index in [1.807, 2.05) is 36.4 Å². The summed E-state index contributed by atoms with van der Waals surface area (Å²) in [7, 11) is 1.61. The van der Waals surface area contributed by atoms with Gasteiger partial charge in [0.1, 0.15) is 12.0 Å². The fourth-order valence-corrected chi connectivity index (χ4v) is 3.10. The van der Waals surface area contributed by atoms with Gasteiger partial charge in [-0.3, -0.25) is 4.79 Å². The molecule has 0 aliphatic heterocycles. The first-order valence-corrected chi connectivity index (χ1v) is 11.6. The van der Waals surface area contributed by atoms with Gasteiger partial charge in [0, 0.05) is 18.6 Å². The molecule has 0 fully saturated rings. The number of ether oxygens (including phenoxy) is 4. The number of benzene rings is 3. The molecule has 0 radical (unpaired) electrons. The minimum absolute atomic E-state index is 0.0445.